The zero-order valence-corrected chi connectivity index (χ0v) is 13.8. The molecule has 0 atom stereocenters. The second kappa shape index (κ2) is 7.79. The van der Waals surface area contributed by atoms with Crippen molar-refractivity contribution in [1.82, 2.24) is 20.4 Å². The summed E-state index contributed by atoms with van der Waals surface area (Å²) >= 11 is 6.21. The molecule has 0 aliphatic heterocycles. The predicted molar refractivity (Wildman–Crippen MR) is 86.8 cm³/mol. The molecule has 0 bridgehead atoms. The van der Waals surface area contributed by atoms with Gasteiger partial charge in [0.2, 0.25) is 5.89 Å². The van der Waals surface area contributed by atoms with Crippen LogP contribution in [0.2, 0.25) is 5.02 Å². The molecule has 0 amide bonds. The summed E-state index contributed by atoms with van der Waals surface area (Å²) in [4.78, 5) is 10.7. The monoisotopic (exact) mass is 321 g/mol. The fraction of sp³-hybridized carbons (Fsp3) is 0.400. The standard InChI is InChI=1S/C15H20ClN5O/c1-4-17-15(18-9-14-19-11(2)20-22-14)21(3)10-12-7-5-6-8-13(12)16/h5-8H,4,9-10H2,1-3H3,(H,17,18). The summed E-state index contributed by atoms with van der Waals surface area (Å²) in [7, 11) is 1.96. The van der Waals surface area contributed by atoms with E-state index in [9.17, 15) is 0 Å². The topological polar surface area (TPSA) is 66.5 Å². The highest BCUT2D eigenvalue weighted by molar-refractivity contribution is 6.31. The Morgan fingerprint density at radius 1 is 1.41 bits per heavy atom. The van der Waals surface area contributed by atoms with Crippen molar-refractivity contribution in [2.75, 3.05) is 13.6 Å². The molecule has 1 aromatic heterocycles. The van der Waals surface area contributed by atoms with E-state index in [4.69, 9.17) is 16.1 Å². The number of hydrogen-bond acceptors (Lipinski definition) is 4. The fourth-order valence-corrected chi connectivity index (χ4v) is 2.17. The summed E-state index contributed by atoms with van der Waals surface area (Å²) in [6.45, 7) is 5.58. The lowest BCUT2D eigenvalue weighted by molar-refractivity contribution is 0.375. The minimum Gasteiger partial charge on any atom is -0.357 e. The lowest BCUT2D eigenvalue weighted by Gasteiger charge is -2.22. The third kappa shape index (κ3) is 4.46. The lowest BCUT2D eigenvalue weighted by atomic mass is 10.2. The van der Waals surface area contributed by atoms with Gasteiger partial charge in [0.05, 0.1) is 0 Å². The van der Waals surface area contributed by atoms with Crippen LogP contribution >= 0.6 is 11.6 Å². The fourth-order valence-electron chi connectivity index (χ4n) is 1.97. The zero-order valence-electron chi connectivity index (χ0n) is 13.0. The highest BCUT2D eigenvalue weighted by Gasteiger charge is 2.09. The van der Waals surface area contributed by atoms with Gasteiger partial charge < -0.3 is 14.7 Å². The molecule has 7 heteroatoms. The van der Waals surface area contributed by atoms with Gasteiger partial charge in [-0.15, -0.1) is 0 Å². The highest BCUT2D eigenvalue weighted by Crippen LogP contribution is 2.16. The van der Waals surface area contributed by atoms with Gasteiger partial charge in [0.15, 0.2) is 11.8 Å². The SMILES string of the molecule is CCNC(=NCc1nc(C)no1)N(C)Cc1ccccc1Cl. The molecule has 2 aromatic rings. The van der Waals surface area contributed by atoms with Crippen LogP contribution in [0.5, 0.6) is 0 Å². The summed E-state index contributed by atoms with van der Waals surface area (Å²) in [6, 6.07) is 7.78. The molecule has 0 unspecified atom stereocenters. The molecule has 0 fully saturated rings. The van der Waals surface area contributed by atoms with Gasteiger partial charge in [-0.3, -0.25) is 0 Å². The van der Waals surface area contributed by atoms with Crippen molar-refractivity contribution in [3.05, 3.63) is 46.6 Å². The Morgan fingerprint density at radius 2 is 2.18 bits per heavy atom. The quantitative estimate of drug-likeness (QED) is 0.677. The van der Waals surface area contributed by atoms with Crippen LogP contribution in [0.1, 0.15) is 24.2 Å². The van der Waals surface area contributed by atoms with Crippen LogP contribution in [0.15, 0.2) is 33.8 Å². The molecule has 0 radical (unpaired) electrons. The van der Waals surface area contributed by atoms with E-state index >= 15 is 0 Å². The van der Waals surface area contributed by atoms with E-state index in [2.05, 4.69) is 20.4 Å². The average molecular weight is 322 g/mol. The van der Waals surface area contributed by atoms with E-state index in [1.807, 2.05) is 43.1 Å². The van der Waals surface area contributed by atoms with Gasteiger partial charge in [0.1, 0.15) is 6.54 Å². The maximum Gasteiger partial charge on any atom is 0.248 e. The molecule has 6 nitrogen and oxygen atoms in total. The van der Waals surface area contributed by atoms with Crippen molar-refractivity contribution in [2.24, 2.45) is 4.99 Å². The van der Waals surface area contributed by atoms with E-state index in [0.29, 0.717) is 24.8 Å². The van der Waals surface area contributed by atoms with Crippen LogP contribution in [0.25, 0.3) is 0 Å². The van der Waals surface area contributed by atoms with E-state index in [0.717, 1.165) is 23.1 Å². The van der Waals surface area contributed by atoms with Gasteiger partial charge in [0.25, 0.3) is 0 Å². The Kier molecular flexibility index (Phi) is 5.77. The maximum atomic E-state index is 6.21. The van der Waals surface area contributed by atoms with Gasteiger partial charge >= 0.3 is 0 Å². The largest absolute Gasteiger partial charge is 0.357 e. The lowest BCUT2D eigenvalue weighted by Crippen LogP contribution is -2.38. The number of nitrogens with one attached hydrogen (secondary N) is 1. The molecule has 0 aliphatic carbocycles. The zero-order chi connectivity index (χ0) is 15.9. The number of rotatable bonds is 5. The maximum absolute atomic E-state index is 6.21. The van der Waals surface area contributed by atoms with Crippen LogP contribution in [-0.2, 0) is 13.1 Å². The molecule has 0 saturated carbocycles. The van der Waals surface area contributed by atoms with E-state index in [1.165, 1.54) is 0 Å². The molecule has 22 heavy (non-hydrogen) atoms. The minimum absolute atomic E-state index is 0.343. The third-order valence-electron chi connectivity index (χ3n) is 3.00. The first-order valence-electron chi connectivity index (χ1n) is 7.12. The highest BCUT2D eigenvalue weighted by atomic mass is 35.5. The molecule has 118 valence electrons. The molecule has 0 aliphatic rings. The van der Waals surface area contributed by atoms with E-state index in [1.54, 1.807) is 6.92 Å². The van der Waals surface area contributed by atoms with Gasteiger partial charge in [-0.1, -0.05) is 35.0 Å². The van der Waals surface area contributed by atoms with Crippen LogP contribution in [0.3, 0.4) is 0 Å². The molecular formula is C15H20ClN5O. The van der Waals surface area contributed by atoms with Crippen LogP contribution in [0.4, 0.5) is 0 Å². The smallest absolute Gasteiger partial charge is 0.248 e. The van der Waals surface area contributed by atoms with Gasteiger partial charge in [-0.05, 0) is 25.5 Å². The number of aromatic nitrogens is 2. The number of guanidine groups is 1. The Morgan fingerprint density at radius 3 is 2.82 bits per heavy atom. The Hall–Kier alpha value is -2.08. The van der Waals surface area contributed by atoms with Crippen LogP contribution < -0.4 is 5.32 Å². The van der Waals surface area contributed by atoms with Crippen molar-refractivity contribution in [3.8, 4) is 0 Å². The average Bonchev–Trinajstić information content (AvgIpc) is 2.91. The second-order valence-electron chi connectivity index (χ2n) is 4.85. The normalized spacial score (nSPS) is 11.5. The molecule has 1 aromatic carbocycles. The first-order valence-corrected chi connectivity index (χ1v) is 7.50. The van der Waals surface area contributed by atoms with Crippen molar-refractivity contribution >= 4 is 17.6 Å². The van der Waals surface area contributed by atoms with Crippen LogP contribution in [-0.4, -0.2) is 34.6 Å². The van der Waals surface area contributed by atoms with Crippen molar-refractivity contribution in [1.29, 1.82) is 0 Å². The Balaban J connectivity index is 2.07. The number of halogens is 1. The van der Waals surface area contributed by atoms with Crippen molar-refractivity contribution < 1.29 is 4.52 Å². The predicted octanol–water partition coefficient (Wildman–Crippen LogP) is 2.63. The molecule has 1 heterocycles. The van der Waals surface area contributed by atoms with Crippen molar-refractivity contribution in [3.63, 3.8) is 0 Å². The molecule has 2 rings (SSSR count). The molecule has 0 spiro atoms. The summed E-state index contributed by atoms with van der Waals surface area (Å²) in [5, 5.41) is 7.75. The van der Waals surface area contributed by atoms with Gasteiger partial charge in [0, 0.05) is 25.2 Å². The summed E-state index contributed by atoms with van der Waals surface area (Å²) in [5.41, 5.74) is 1.05. The number of hydrogen-bond donors (Lipinski definition) is 1. The number of nitrogens with zero attached hydrogens (tertiary/aromatic N) is 4. The Bertz CT molecular complexity index is 640. The van der Waals surface area contributed by atoms with Gasteiger partial charge in [-0.2, -0.15) is 4.98 Å². The summed E-state index contributed by atoms with van der Waals surface area (Å²) < 4.78 is 5.07. The minimum atomic E-state index is 0.343. The Labute approximate surface area is 135 Å². The molecular weight excluding hydrogens is 302 g/mol. The molecule has 0 saturated heterocycles. The van der Waals surface area contributed by atoms with Crippen LogP contribution in [0, 0.1) is 6.92 Å². The van der Waals surface area contributed by atoms with E-state index < -0.39 is 0 Å². The number of benzene rings is 1. The third-order valence-corrected chi connectivity index (χ3v) is 3.36. The summed E-state index contributed by atoms with van der Waals surface area (Å²) in [6.07, 6.45) is 0. The first-order chi connectivity index (χ1) is 10.6. The second-order valence-corrected chi connectivity index (χ2v) is 5.26. The van der Waals surface area contributed by atoms with Gasteiger partial charge in [-0.25, -0.2) is 4.99 Å². The van der Waals surface area contributed by atoms with Crippen molar-refractivity contribution in [2.45, 2.75) is 26.9 Å². The van der Waals surface area contributed by atoms with E-state index in [-0.39, 0.29) is 0 Å². The number of aliphatic imine (C=N–C) groups is 1. The molecule has 1 N–H and O–H groups in total. The summed E-state index contributed by atoms with van der Waals surface area (Å²) in [5.74, 6) is 1.87. The number of aryl methyl sites for hydroxylation is 1. The first kappa shape index (κ1) is 16.3.